The van der Waals surface area contributed by atoms with Crippen LogP contribution in [0.25, 0.3) is 12.2 Å². The molecule has 0 spiro atoms. The van der Waals surface area contributed by atoms with Crippen molar-refractivity contribution in [2.75, 3.05) is 6.61 Å². The summed E-state index contributed by atoms with van der Waals surface area (Å²) in [5, 5.41) is 0. The third-order valence-corrected chi connectivity index (χ3v) is 31.4. The predicted octanol–water partition coefficient (Wildman–Crippen LogP) is 7.31. The molecule has 0 fully saturated rings. The van der Waals surface area contributed by atoms with Gasteiger partial charge in [0.15, 0.2) is 0 Å². The third kappa shape index (κ3) is 5.31. The summed E-state index contributed by atoms with van der Waals surface area (Å²) >= 11 is -3.33. The summed E-state index contributed by atoms with van der Waals surface area (Å²) in [5.41, 5.74) is 6.00. The summed E-state index contributed by atoms with van der Waals surface area (Å²) in [5.74, 6) is 0. The van der Waals surface area contributed by atoms with Gasteiger partial charge in [0.25, 0.3) is 0 Å². The molecule has 168 valence electrons. The zero-order chi connectivity index (χ0) is 20.7. The molecule has 0 aromatic heterocycles. The molecular weight excluding hydrogens is 535 g/mol. The van der Waals surface area contributed by atoms with E-state index < -0.39 is 25.7 Å². The van der Waals surface area contributed by atoms with Gasteiger partial charge in [0.2, 0.25) is 0 Å². The van der Waals surface area contributed by atoms with Crippen LogP contribution < -0.4 is 0 Å². The van der Waals surface area contributed by atoms with Crippen molar-refractivity contribution < 1.29 is 21.8 Å². The normalized spacial score (nSPS) is 19.4. The van der Waals surface area contributed by atoms with Gasteiger partial charge in [-0.3, -0.25) is 0 Å². The number of benzene rings is 2. The second-order valence-corrected chi connectivity index (χ2v) is 43.7. The Labute approximate surface area is 204 Å². The van der Waals surface area contributed by atoms with Crippen molar-refractivity contribution in [3.05, 3.63) is 82.9 Å². The Bertz CT molecular complexity index is 990. The minimum Gasteiger partial charge on any atom is -0.147 e. The van der Waals surface area contributed by atoms with Crippen LogP contribution in [-0.2, 0) is 21.8 Å². The number of allylic oxidation sites excluding steroid dienone is 2. The van der Waals surface area contributed by atoms with Crippen LogP contribution in [0.2, 0.25) is 28.4 Å². The Balaban J connectivity index is 0.00000171. The van der Waals surface area contributed by atoms with Crippen molar-refractivity contribution in [3.8, 4) is 0 Å². The summed E-state index contributed by atoms with van der Waals surface area (Å²) < 4.78 is 11.6. The first-order valence-electron chi connectivity index (χ1n) is 10.9. The maximum Gasteiger partial charge on any atom is -0.147 e. The van der Waals surface area contributed by atoms with Crippen molar-refractivity contribution in [1.82, 2.24) is 0 Å². The van der Waals surface area contributed by atoms with Gasteiger partial charge in [-0.1, -0.05) is 0 Å². The van der Waals surface area contributed by atoms with Crippen molar-refractivity contribution in [2.24, 2.45) is 0 Å². The fourth-order valence-electron chi connectivity index (χ4n) is 5.47. The molecule has 0 radical (unpaired) electrons. The van der Waals surface area contributed by atoms with Crippen LogP contribution in [0.3, 0.4) is 0 Å². The van der Waals surface area contributed by atoms with E-state index in [9.17, 15) is 0 Å². The second kappa shape index (κ2) is 9.95. The maximum absolute atomic E-state index is 6.27. The quantitative estimate of drug-likeness (QED) is 0.251. The molecule has 2 unspecified atom stereocenters. The Morgan fingerprint density at radius 2 is 1.29 bits per heavy atom. The monoisotopic (exact) mass is 568 g/mol. The van der Waals surface area contributed by atoms with E-state index in [-0.39, 0.29) is 24.8 Å². The molecule has 0 N–H and O–H groups in total. The molecule has 0 saturated heterocycles. The summed E-state index contributed by atoms with van der Waals surface area (Å²) in [7, 11) is -1.46. The van der Waals surface area contributed by atoms with Crippen LogP contribution in [0.15, 0.2) is 60.7 Å². The van der Waals surface area contributed by atoms with Crippen molar-refractivity contribution >= 4 is 52.2 Å². The molecule has 2 aliphatic carbocycles. The van der Waals surface area contributed by atoms with E-state index in [1.807, 2.05) is 0 Å². The molecule has 2 aliphatic rings. The minimum atomic E-state index is -3.33. The van der Waals surface area contributed by atoms with Crippen LogP contribution in [0.1, 0.15) is 35.9 Å². The van der Waals surface area contributed by atoms with E-state index >= 15 is 0 Å². The molecule has 1 nitrogen and oxygen atoms in total. The van der Waals surface area contributed by atoms with E-state index in [2.05, 4.69) is 104 Å². The summed E-state index contributed by atoms with van der Waals surface area (Å²) in [6.07, 6.45) is 11.1. The van der Waals surface area contributed by atoms with Gasteiger partial charge in [0.05, 0.1) is 0 Å². The average Bonchev–Trinajstić information content (AvgIpc) is 3.30. The SMILES string of the molecule is C[Si](C)(C)OCC[CH2][Zr]([CH3])(=[SiH2])([CH]1C=Cc2ccccc21)[CH]1C=Cc2ccccc21.Cl.Cl. The molecule has 6 heteroatoms. The Hall–Kier alpha value is -0.223. The average molecular weight is 571 g/mol. The van der Waals surface area contributed by atoms with Gasteiger partial charge >= 0.3 is 181 Å². The van der Waals surface area contributed by atoms with Crippen LogP contribution in [0.4, 0.5) is 0 Å². The van der Waals surface area contributed by atoms with E-state index in [0.29, 0.717) is 7.25 Å². The Morgan fingerprint density at radius 3 is 1.74 bits per heavy atom. The summed E-state index contributed by atoms with van der Waals surface area (Å²) in [6, 6.07) is 18.1. The van der Waals surface area contributed by atoms with Gasteiger partial charge in [-0.2, -0.15) is 0 Å². The largest absolute Gasteiger partial charge is 0.147 e. The van der Waals surface area contributed by atoms with Crippen molar-refractivity contribution in [2.45, 2.75) is 42.1 Å². The fraction of sp³-hybridized carbons (Fsp3) is 0.360. The fourth-order valence-corrected chi connectivity index (χ4v) is 26.4. The van der Waals surface area contributed by atoms with Gasteiger partial charge < -0.3 is 0 Å². The predicted molar refractivity (Wildman–Crippen MR) is 144 cm³/mol. The summed E-state index contributed by atoms with van der Waals surface area (Å²) in [4.78, 5) is 0. The standard InChI is InChI=1S/2C9H7.C6H15OSi.CH3.2ClH.H2Si.Zr/c2*1-2-5-9-7-3-6-8(9)4-1;1-5-6-7-8(2,3)4;;;;;/h2*1-7H;1,5-6H2,2-4H3;1H3;2*1H;1H2;. The van der Waals surface area contributed by atoms with E-state index in [1.54, 1.807) is 11.1 Å². The summed E-state index contributed by atoms with van der Waals surface area (Å²) in [6.45, 7) is 10.3. The number of hydrogen-bond donors (Lipinski definition) is 0. The van der Waals surface area contributed by atoms with E-state index in [0.717, 1.165) is 6.61 Å². The van der Waals surface area contributed by atoms with Gasteiger partial charge in [-0.15, -0.1) is 24.8 Å². The molecule has 0 bridgehead atoms. The zero-order valence-electron chi connectivity index (χ0n) is 19.1. The number of fused-ring (bicyclic) bond motifs is 2. The van der Waals surface area contributed by atoms with Crippen LogP contribution >= 0.6 is 24.8 Å². The van der Waals surface area contributed by atoms with Gasteiger partial charge in [0, 0.05) is 0 Å². The van der Waals surface area contributed by atoms with E-state index in [4.69, 9.17) is 4.43 Å². The second-order valence-electron chi connectivity index (χ2n) is 10.5. The molecule has 0 amide bonds. The molecule has 2 aromatic rings. The van der Waals surface area contributed by atoms with Gasteiger partial charge in [0.1, 0.15) is 0 Å². The maximum atomic E-state index is 6.27. The zero-order valence-corrected chi connectivity index (χ0v) is 25.6. The first-order valence-corrected chi connectivity index (χ1v) is 27.3. The van der Waals surface area contributed by atoms with Crippen molar-refractivity contribution in [1.29, 1.82) is 0 Å². The van der Waals surface area contributed by atoms with Gasteiger partial charge in [-0.25, -0.2) is 0 Å². The first kappa shape index (κ1) is 27.0. The molecule has 31 heavy (non-hydrogen) atoms. The van der Waals surface area contributed by atoms with Crippen LogP contribution in [0, 0.1) is 0 Å². The number of halogens is 2. The van der Waals surface area contributed by atoms with Crippen molar-refractivity contribution in [3.63, 3.8) is 0 Å². The van der Waals surface area contributed by atoms with E-state index in [1.165, 1.54) is 21.7 Å². The third-order valence-electron chi connectivity index (χ3n) is 7.03. The van der Waals surface area contributed by atoms with Gasteiger partial charge in [-0.05, 0) is 0 Å². The molecule has 0 aliphatic heterocycles. The topological polar surface area (TPSA) is 9.23 Å². The molecule has 0 saturated carbocycles. The Kier molecular flexibility index (Phi) is 8.68. The minimum absolute atomic E-state index is 0. The molecular formula is C25H36Cl2OSi2Zr. The van der Waals surface area contributed by atoms with Crippen LogP contribution in [-0.4, -0.2) is 21.8 Å². The number of rotatable bonds is 7. The molecule has 2 aromatic carbocycles. The molecule has 0 heterocycles. The first-order chi connectivity index (χ1) is 13.7. The smallest absolute Gasteiger partial charge is 0.147 e. The number of hydrogen-bond acceptors (Lipinski definition) is 1. The Morgan fingerprint density at radius 1 is 0.839 bits per heavy atom. The molecule has 4 rings (SSSR count). The molecule has 2 atom stereocenters. The van der Waals surface area contributed by atoms with Crippen LogP contribution in [0.5, 0.6) is 0 Å².